The lowest BCUT2D eigenvalue weighted by molar-refractivity contribution is -0.149. The van der Waals surface area contributed by atoms with Gasteiger partial charge in [0.1, 0.15) is 18.1 Å². The molecule has 3 amide bonds. The van der Waals surface area contributed by atoms with Gasteiger partial charge in [0.15, 0.2) is 0 Å². The minimum absolute atomic E-state index is 0.209. The van der Waals surface area contributed by atoms with Crippen molar-refractivity contribution in [2.75, 3.05) is 6.54 Å². The maximum atomic E-state index is 13.3. The van der Waals surface area contributed by atoms with Gasteiger partial charge in [-0.15, -0.1) is 0 Å². The molecule has 9 nitrogen and oxygen atoms in total. The van der Waals surface area contributed by atoms with Crippen LogP contribution >= 0.6 is 0 Å². The largest absolute Gasteiger partial charge is 0.480 e. The molecule has 1 heterocycles. The van der Waals surface area contributed by atoms with Gasteiger partial charge in [-0.2, -0.15) is 0 Å². The second-order valence-corrected chi connectivity index (χ2v) is 8.30. The van der Waals surface area contributed by atoms with E-state index in [0.29, 0.717) is 19.4 Å². The third kappa shape index (κ3) is 6.52. The van der Waals surface area contributed by atoms with E-state index < -0.39 is 47.9 Å². The number of hydrogen-bond donors (Lipinski definition) is 4. The molecule has 0 aromatic heterocycles. The lowest BCUT2D eigenvalue weighted by Crippen LogP contribution is -2.58. The first-order valence-electron chi connectivity index (χ1n) is 10.5. The molecule has 1 fully saturated rings. The van der Waals surface area contributed by atoms with Crippen molar-refractivity contribution >= 4 is 23.7 Å². The Morgan fingerprint density at radius 1 is 1.10 bits per heavy atom. The van der Waals surface area contributed by atoms with Gasteiger partial charge < -0.3 is 26.4 Å². The van der Waals surface area contributed by atoms with E-state index >= 15 is 0 Å². The third-order valence-electron chi connectivity index (χ3n) is 5.38. The molecule has 1 saturated heterocycles. The summed E-state index contributed by atoms with van der Waals surface area (Å²) in [6.07, 6.45) is 1.18. The molecule has 1 aromatic rings. The molecular weight excluding hydrogens is 400 g/mol. The summed E-state index contributed by atoms with van der Waals surface area (Å²) in [5.41, 5.74) is 6.43. The molecule has 0 spiro atoms. The normalized spacial score (nSPS) is 18.9. The molecule has 2 rings (SSSR count). The fourth-order valence-electron chi connectivity index (χ4n) is 3.62. The summed E-state index contributed by atoms with van der Waals surface area (Å²) in [5, 5.41) is 14.8. The molecule has 0 saturated carbocycles. The van der Waals surface area contributed by atoms with E-state index in [1.165, 1.54) is 11.8 Å². The topological polar surface area (TPSA) is 142 Å². The van der Waals surface area contributed by atoms with Crippen molar-refractivity contribution < 1.29 is 24.3 Å². The molecule has 31 heavy (non-hydrogen) atoms. The molecule has 5 N–H and O–H groups in total. The van der Waals surface area contributed by atoms with E-state index in [1.807, 2.05) is 30.3 Å². The summed E-state index contributed by atoms with van der Waals surface area (Å²) in [7, 11) is 0. The van der Waals surface area contributed by atoms with Crippen molar-refractivity contribution in [1.29, 1.82) is 0 Å². The van der Waals surface area contributed by atoms with Crippen molar-refractivity contribution in [3.8, 4) is 0 Å². The van der Waals surface area contributed by atoms with E-state index in [0.717, 1.165) is 5.56 Å². The van der Waals surface area contributed by atoms with Gasteiger partial charge in [-0.1, -0.05) is 44.2 Å². The van der Waals surface area contributed by atoms with Gasteiger partial charge in [-0.25, -0.2) is 4.79 Å². The average molecular weight is 433 g/mol. The molecule has 0 bridgehead atoms. The number of carbonyl (C=O) groups is 4. The Morgan fingerprint density at radius 3 is 2.29 bits per heavy atom. The van der Waals surface area contributed by atoms with Gasteiger partial charge in [0, 0.05) is 13.0 Å². The minimum Gasteiger partial charge on any atom is -0.480 e. The van der Waals surface area contributed by atoms with Gasteiger partial charge in [0.05, 0.1) is 6.04 Å². The number of nitrogens with two attached hydrogens (primary N) is 1. The SMILES string of the molecule is CC(C)[C@H](NC(=O)[C@H](C)N)C(=O)N[C@@H](Cc1ccccc1)C(=O)N1CCC[C@@H]1C(=O)O. The van der Waals surface area contributed by atoms with Crippen LogP contribution in [0.15, 0.2) is 30.3 Å². The Morgan fingerprint density at radius 2 is 1.74 bits per heavy atom. The second kappa shape index (κ2) is 10.9. The summed E-state index contributed by atoms with van der Waals surface area (Å²) in [4.78, 5) is 51.2. The van der Waals surface area contributed by atoms with Crippen LogP contribution in [0.5, 0.6) is 0 Å². The number of aliphatic carboxylic acids is 1. The Balaban J connectivity index is 2.25. The van der Waals surface area contributed by atoms with Gasteiger partial charge in [-0.05, 0) is 31.2 Å². The van der Waals surface area contributed by atoms with Crippen molar-refractivity contribution in [2.45, 2.75) is 64.2 Å². The molecule has 0 aliphatic carbocycles. The van der Waals surface area contributed by atoms with Crippen LogP contribution in [0.2, 0.25) is 0 Å². The van der Waals surface area contributed by atoms with Crippen molar-refractivity contribution in [2.24, 2.45) is 11.7 Å². The van der Waals surface area contributed by atoms with Gasteiger partial charge in [-0.3, -0.25) is 14.4 Å². The number of nitrogens with one attached hydrogen (secondary N) is 2. The maximum Gasteiger partial charge on any atom is 0.326 e. The summed E-state index contributed by atoms with van der Waals surface area (Å²) in [6, 6.07) is 5.66. The van der Waals surface area contributed by atoms with Crippen LogP contribution in [0.1, 0.15) is 39.2 Å². The van der Waals surface area contributed by atoms with E-state index in [9.17, 15) is 24.3 Å². The van der Waals surface area contributed by atoms with E-state index in [2.05, 4.69) is 10.6 Å². The predicted octanol–water partition coefficient (Wildman–Crippen LogP) is 0.278. The highest BCUT2D eigenvalue weighted by atomic mass is 16.4. The Labute approximate surface area is 182 Å². The van der Waals surface area contributed by atoms with Gasteiger partial charge in [0.25, 0.3) is 0 Å². The van der Waals surface area contributed by atoms with Crippen LogP contribution < -0.4 is 16.4 Å². The van der Waals surface area contributed by atoms with Crippen LogP contribution in [-0.4, -0.2) is 64.4 Å². The highest BCUT2D eigenvalue weighted by Crippen LogP contribution is 2.20. The first kappa shape index (κ1) is 24.3. The Kier molecular flexibility index (Phi) is 8.56. The maximum absolute atomic E-state index is 13.3. The summed E-state index contributed by atoms with van der Waals surface area (Å²) >= 11 is 0. The molecule has 170 valence electrons. The highest BCUT2D eigenvalue weighted by Gasteiger charge is 2.38. The fourth-order valence-corrected chi connectivity index (χ4v) is 3.62. The van der Waals surface area contributed by atoms with Crippen LogP contribution in [0.3, 0.4) is 0 Å². The highest BCUT2D eigenvalue weighted by molar-refractivity contribution is 5.94. The number of carboxylic acid groups (broad SMARTS) is 1. The van der Waals surface area contributed by atoms with E-state index in [4.69, 9.17) is 5.73 Å². The summed E-state index contributed by atoms with van der Waals surface area (Å²) in [6.45, 7) is 5.40. The number of hydrogen-bond acceptors (Lipinski definition) is 5. The molecule has 1 aromatic carbocycles. The third-order valence-corrected chi connectivity index (χ3v) is 5.38. The quantitative estimate of drug-likeness (QED) is 0.441. The smallest absolute Gasteiger partial charge is 0.326 e. The molecular formula is C22H32N4O5. The number of nitrogens with zero attached hydrogens (tertiary/aromatic N) is 1. The number of rotatable bonds is 9. The molecule has 1 aliphatic rings. The number of likely N-dealkylation sites (tertiary alicyclic amines) is 1. The van der Waals surface area contributed by atoms with Crippen LogP contribution in [0.25, 0.3) is 0 Å². The number of amides is 3. The number of carbonyl (C=O) groups excluding carboxylic acids is 3. The zero-order chi connectivity index (χ0) is 23.1. The van der Waals surface area contributed by atoms with E-state index in [1.54, 1.807) is 13.8 Å². The number of benzene rings is 1. The zero-order valence-corrected chi connectivity index (χ0v) is 18.2. The second-order valence-electron chi connectivity index (χ2n) is 8.30. The van der Waals surface area contributed by atoms with Crippen LogP contribution in [0.4, 0.5) is 0 Å². The zero-order valence-electron chi connectivity index (χ0n) is 18.2. The number of carboxylic acids is 1. The molecule has 4 atom stereocenters. The minimum atomic E-state index is -1.06. The monoisotopic (exact) mass is 432 g/mol. The molecule has 1 aliphatic heterocycles. The standard InChI is InChI=1S/C22H32N4O5/c1-13(2)18(25-19(27)14(3)23)20(28)24-16(12-15-8-5-4-6-9-15)21(29)26-11-7-10-17(26)22(30)31/h4-6,8-9,13-14,16-18H,7,10-12,23H2,1-3H3,(H,24,28)(H,25,27)(H,30,31)/t14-,16-,17+,18-/m0/s1. The predicted molar refractivity (Wildman–Crippen MR) is 115 cm³/mol. The van der Waals surface area contributed by atoms with E-state index in [-0.39, 0.29) is 12.3 Å². The fraction of sp³-hybridized carbons (Fsp3) is 0.545. The summed E-state index contributed by atoms with van der Waals surface area (Å²) in [5.74, 6) is -2.72. The first-order valence-corrected chi connectivity index (χ1v) is 10.5. The molecule has 0 unspecified atom stereocenters. The Hall–Kier alpha value is -2.94. The van der Waals surface area contributed by atoms with Crippen molar-refractivity contribution in [3.63, 3.8) is 0 Å². The van der Waals surface area contributed by atoms with Gasteiger partial charge >= 0.3 is 5.97 Å². The lowest BCUT2D eigenvalue weighted by Gasteiger charge is -2.30. The van der Waals surface area contributed by atoms with Crippen LogP contribution in [-0.2, 0) is 25.6 Å². The molecule has 9 heteroatoms. The van der Waals surface area contributed by atoms with Crippen LogP contribution in [0, 0.1) is 5.92 Å². The summed E-state index contributed by atoms with van der Waals surface area (Å²) < 4.78 is 0. The van der Waals surface area contributed by atoms with Crippen molar-refractivity contribution in [1.82, 2.24) is 15.5 Å². The Bertz CT molecular complexity index is 796. The lowest BCUT2D eigenvalue weighted by atomic mass is 10.00. The average Bonchev–Trinajstić information content (AvgIpc) is 3.21. The van der Waals surface area contributed by atoms with Gasteiger partial charge in [0.2, 0.25) is 17.7 Å². The molecule has 0 radical (unpaired) electrons. The first-order chi connectivity index (χ1) is 14.6. The van der Waals surface area contributed by atoms with Crippen molar-refractivity contribution in [3.05, 3.63) is 35.9 Å².